The standard InChI is InChI=1S/C12H20N2/c1-10-4-3-5-12(8-10)9-14-7-6-11(2)13/h3-5,8,11,14H,6-7,9,13H2,1-2H3. The molecule has 3 N–H and O–H groups in total. The van der Waals surface area contributed by atoms with Crippen molar-refractivity contribution < 1.29 is 0 Å². The van der Waals surface area contributed by atoms with E-state index in [2.05, 4.69) is 36.5 Å². The van der Waals surface area contributed by atoms with Crippen LogP contribution in [-0.2, 0) is 6.54 Å². The van der Waals surface area contributed by atoms with Gasteiger partial charge in [0, 0.05) is 12.6 Å². The van der Waals surface area contributed by atoms with Crippen molar-refractivity contribution in [3.05, 3.63) is 35.4 Å². The third-order valence-corrected chi connectivity index (χ3v) is 2.19. The Morgan fingerprint density at radius 1 is 1.43 bits per heavy atom. The van der Waals surface area contributed by atoms with Crippen LogP contribution in [0.2, 0.25) is 0 Å². The summed E-state index contributed by atoms with van der Waals surface area (Å²) in [6, 6.07) is 8.86. The first-order valence-electron chi connectivity index (χ1n) is 5.20. The van der Waals surface area contributed by atoms with E-state index in [1.54, 1.807) is 0 Å². The third-order valence-electron chi connectivity index (χ3n) is 2.19. The summed E-state index contributed by atoms with van der Waals surface area (Å²) in [6.07, 6.45) is 1.03. The second-order valence-corrected chi connectivity index (χ2v) is 3.93. The highest BCUT2D eigenvalue weighted by Crippen LogP contribution is 2.03. The molecule has 0 amide bonds. The maximum absolute atomic E-state index is 5.66. The maximum atomic E-state index is 5.66. The number of rotatable bonds is 5. The molecule has 0 radical (unpaired) electrons. The van der Waals surface area contributed by atoms with Crippen LogP contribution >= 0.6 is 0 Å². The largest absolute Gasteiger partial charge is 0.328 e. The number of hydrogen-bond donors (Lipinski definition) is 2. The molecular weight excluding hydrogens is 172 g/mol. The lowest BCUT2D eigenvalue weighted by Gasteiger charge is -2.07. The van der Waals surface area contributed by atoms with Crippen LogP contribution in [0.25, 0.3) is 0 Å². The van der Waals surface area contributed by atoms with Crippen LogP contribution in [0.15, 0.2) is 24.3 Å². The van der Waals surface area contributed by atoms with Crippen LogP contribution in [0.1, 0.15) is 24.5 Å². The summed E-state index contributed by atoms with van der Waals surface area (Å²) in [5.41, 5.74) is 8.31. The Morgan fingerprint density at radius 3 is 2.86 bits per heavy atom. The highest BCUT2D eigenvalue weighted by atomic mass is 14.9. The fourth-order valence-electron chi connectivity index (χ4n) is 1.38. The van der Waals surface area contributed by atoms with Gasteiger partial charge in [-0.1, -0.05) is 29.8 Å². The van der Waals surface area contributed by atoms with Gasteiger partial charge in [-0.05, 0) is 32.4 Å². The summed E-state index contributed by atoms with van der Waals surface area (Å²) in [7, 11) is 0. The molecule has 1 atom stereocenters. The van der Waals surface area contributed by atoms with Gasteiger partial charge in [0.15, 0.2) is 0 Å². The molecule has 0 bridgehead atoms. The maximum Gasteiger partial charge on any atom is 0.0205 e. The van der Waals surface area contributed by atoms with Gasteiger partial charge < -0.3 is 11.1 Å². The lowest BCUT2D eigenvalue weighted by atomic mass is 10.1. The highest BCUT2D eigenvalue weighted by molar-refractivity contribution is 5.21. The minimum atomic E-state index is 0.292. The minimum absolute atomic E-state index is 0.292. The lowest BCUT2D eigenvalue weighted by Crippen LogP contribution is -2.23. The number of nitrogens with one attached hydrogen (secondary N) is 1. The van der Waals surface area contributed by atoms with Gasteiger partial charge in [-0.3, -0.25) is 0 Å². The predicted molar refractivity (Wildman–Crippen MR) is 61.2 cm³/mol. The lowest BCUT2D eigenvalue weighted by molar-refractivity contribution is 0.589. The Bertz CT molecular complexity index is 269. The van der Waals surface area contributed by atoms with Crippen LogP contribution < -0.4 is 11.1 Å². The van der Waals surface area contributed by atoms with Crippen molar-refractivity contribution in [1.29, 1.82) is 0 Å². The molecule has 0 saturated heterocycles. The van der Waals surface area contributed by atoms with E-state index in [-0.39, 0.29) is 0 Å². The zero-order chi connectivity index (χ0) is 10.4. The molecule has 1 aromatic rings. The first-order chi connectivity index (χ1) is 6.68. The van der Waals surface area contributed by atoms with Crippen molar-refractivity contribution >= 4 is 0 Å². The SMILES string of the molecule is Cc1cccc(CNCCC(C)N)c1. The summed E-state index contributed by atoms with van der Waals surface area (Å²) in [4.78, 5) is 0. The first kappa shape index (κ1) is 11.2. The Labute approximate surface area is 86.5 Å². The van der Waals surface area contributed by atoms with Crippen LogP contribution in [0, 0.1) is 6.92 Å². The van der Waals surface area contributed by atoms with Crippen molar-refractivity contribution in [3.8, 4) is 0 Å². The van der Waals surface area contributed by atoms with Gasteiger partial charge in [0.25, 0.3) is 0 Å². The van der Waals surface area contributed by atoms with Gasteiger partial charge in [-0.15, -0.1) is 0 Å². The van der Waals surface area contributed by atoms with Crippen LogP contribution in [0.3, 0.4) is 0 Å². The molecule has 0 aromatic heterocycles. The second-order valence-electron chi connectivity index (χ2n) is 3.93. The Kier molecular flexibility index (Phi) is 4.63. The van der Waals surface area contributed by atoms with Crippen LogP contribution in [0.4, 0.5) is 0 Å². The van der Waals surface area contributed by atoms with E-state index in [0.717, 1.165) is 19.5 Å². The Balaban J connectivity index is 2.25. The molecule has 0 fully saturated rings. The molecule has 0 heterocycles. The van der Waals surface area contributed by atoms with Gasteiger partial charge in [0.1, 0.15) is 0 Å². The molecule has 78 valence electrons. The summed E-state index contributed by atoms with van der Waals surface area (Å²) in [5, 5.41) is 3.38. The number of aryl methyl sites for hydroxylation is 1. The smallest absolute Gasteiger partial charge is 0.0205 e. The summed E-state index contributed by atoms with van der Waals surface area (Å²) in [6.45, 7) is 6.08. The number of nitrogens with two attached hydrogens (primary N) is 1. The summed E-state index contributed by atoms with van der Waals surface area (Å²) in [5.74, 6) is 0. The average molecular weight is 192 g/mol. The fraction of sp³-hybridized carbons (Fsp3) is 0.500. The van der Waals surface area contributed by atoms with E-state index in [1.165, 1.54) is 11.1 Å². The molecule has 0 aliphatic rings. The quantitative estimate of drug-likeness (QED) is 0.698. The predicted octanol–water partition coefficient (Wildman–Crippen LogP) is 1.82. The van der Waals surface area contributed by atoms with Gasteiger partial charge in [-0.25, -0.2) is 0 Å². The minimum Gasteiger partial charge on any atom is -0.328 e. The molecule has 2 heteroatoms. The molecular formula is C12H20N2. The van der Waals surface area contributed by atoms with Crippen molar-refractivity contribution in [2.45, 2.75) is 32.9 Å². The normalized spacial score (nSPS) is 12.8. The van der Waals surface area contributed by atoms with Crippen molar-refractivity contribution in [1.82, 2.24) is 5.32 Å². The molecule has 1 aromatic carbocycles. The van der Waals surface area contributed by atoms with E-state index in [1.807, 2.05) is 6.92 Å². The zero-order valence-corrected chi connectivity index (χ0v) is 9.09. The van der Waals surface area contributed by atoms with E-state index in [0.29, 0.717) is 6.04 Å². The summed E-state index contributed by atoms with van der Waals surface area (Å²) >= 11 is 0. The molecule has 1 rings (SSSR count). The van der Waals surface area contributed by atoms with Gasteiger partial charge in [0.05, 0.1) is 0 Å². The van der Waals surface area contributed by atoms with E-state index in [9.17, 15) is 0 Å². The van der Waals surface area contributed by atoms with Crippen molar-refractivity contribution in [2.75, 3.05) is 6.54 Å². The van der Waals surface area contributed by atoms with Crippen LogP contribution in [-0.4, -0.2) is 12.6 Å². The summed E-state index contributed by atoms with van der Waals surface area (Å²) < 4.78 is 0. The molecule has 0 aliphatic heterocycles. The molecule has 1 unspecified atom stereocenters. The van der Waals surface area contributed by atoms with Crippen molar-refractivity contribution in [2.24, 2.45) is 5.73 Å². The third kappa shape index (κ3) is 4.40. The second kappa shape index (κ2) is 5.78. The Hall–Kier alpha value is -0.860. The van der Waals surface area contributed by atoms with Crippen molar-refractivity contribution in [3.63, 3.8) is 0 Å². The van der Waals surface area contributed by atoms with E-state index in [4.69, 9.17) is 5.73 Å². The molecule has 0 spiro atoms. The topological polar surface area (TPSA) is 38.0 Å². The first-order valence-corrected chi connectivity index (χ1v) is 5.20. The monoisotopic (exact) mass is 192 g/mol. The molecule has 2 nitrogen and oxygen atoms in total. The van der Waals surface area contributed by atoms with Gasteiger partial charge in [-0.2, -0.15) is 0 Å². The fourth-order valence-corrected chi connectivity index (χ4v) is 1.38. The number of benzene rings is 1. The average Bonchev–Trinajstić information content (AvgIpc) is 2.12. The van der Waals surface area contributed by atoms with Gasteiger partial charge in [0.2, 0.25) is 0 Å². The molecule has 0 aliphatic carbocycles. The molecule has 14 heavy (non-hydrogen) atoms. The Morgan fingerprint density at radius 2 is 2.21 bits per heavy atom. The molecule has 0 saturated carbocycles. The van der Waals surface area contributed by atoms with Gasteiger partial charge >= 0.3 is 0 Å². The van der Waals surface area contributed by atoms with E-state index < -0.39 is 0 Å². The van der Waals surface area contributed by atoms with E-state index >= 15 is 0 Å². The number of hydrogen-bond acceptors (Lipinski definition) is 2. The highest BCUT2D eigenvalue weighted by Gasteiger charge is 1.95. The van der Waals surface area contributed by atoms with Crippen LogP contribution in [0.5, 0.6) is 0 Å². The zero-order valence-electron chi connectivity index (χ0n) is 9.09.